The lowest BCUT2D eigenvalue weighted by Gasteiger charge is -2.31. The largest absolute Gasteiger partial charge is 0.381 e. The van der Waals surface area contributed by atoms with Crippen LogP contribution < -0.4 is 10.6 Å². The first-order valence-corrected chi connectivity index (χ1v) is 9.87. The van der Waals surface area contributed by atoms with Crippen LogP contribution in [-0.4, -0.2) is 29.1 Å². The maximum atomic E-state index is 13.0. The van der Waals surface area contributed by atoms with E-state index in [0.717, 1.165) is 37.3 Å². The first-order valence-electron chi connectivity index (χ1n) is 9.87. The average Bonchev–Trinajstić information content (AvgIpc) is 2.79. The molecule has 6 nitrogen and oxygen atoms in total. The number of hydrogen-bond donors (Lipinski definition) is 2. The van der Waals surface area contributed by atoms with Crippen LogP contribution >= 0.6 is 0 Å². The fourth-order valence-corrected chi connectivity index (χ4v) is 3.62. The van der Waals surface area contributed by atoms with Crippen LogP contribution in [-0.2, 0) is 4.74 Å². The zero-order valence-corrected chi connectivity index (χ0v) is 16.1. The second kappa shape index (κ2) is 9.30. The molecule has 6 heteroatoms. The average molecular weight is 388 g/mol. The Morgan fingerprint density at radius 3 is 2.38 bits per heavy atom. The minimum Gasteiger partial charge on any atom is -0.381 e. The quantitative estimate of drug-likeness (QED) is 0.664. The van der Waals surface area contributed by atoms with Gasteiger partial charge in [0.05, 0.1) is 6.04 Å². The molecular weight excluding hydrogens is 364 g/mol. The Kier molecular flexibility index (Phi) is 6.12. The third kappa shape index (κ3) is 4.97. The maximum Gasteiger partial charge on any atom is 0.270 e. The zero-order valence-electron chi connectivity index (χ0n) is 16.1. The molecule has 1 atom stereocenters. The Bertz CT molecular complexity index is 928. The van der Waals surface area contributed by atoms with Gasteiger partial charge in [-0.2, -0.15) is 0 Å². The van der Waals surface area contributed by atoms with Crippen LogP contribution in [0, 0.1) is 5.92 Å². The smallest absolute Gasteiger partial charge is 0.270 e. The van der Waals surface area contributed by atoms with Crippen molar-refractivity contribution in [1.82, 2.24) is 15.3 Å². The first kappa shape index (κ1) is 19.1. The summed E-state index contributed by atoms with van der Waals surface area (Å²) in [7, 11) is 0. The Labute approximate surface area is 170 Å². The van der Waals surface area contributed by atoms with Crippen LogP contribution in [0.25, 0.3) is 0 Å². The van der Waals surface area contributed by atoms with Gasteiger partial charge in [-0.05, 0) is 36.5 Å². The van der Waals surface area contributed by atoms with E-state index >= 15 is 0 Å². The van der Waals surface area contributed by atoms with Crippen LogP contribution in [0.2, 0.25) is 0 Å². The van der Waals surface area contributed by atoms with Gasteiger partial charge in [-0.3, -0.25) is 4.79 Å². The van der Waals surface area contributed by atoms with Crippen molar-refractivity contribution < 1.29 is 9.53 Å². The molecule has 0 aliphatic carbocycles. The van der Waals surface area contributed by atoms with E-state index in [0.29, 0.717) is 17.4 Å². The summed E-state index contributed by atoms with van der Waals surface area (Å²) < 4.78 is 5.51. The Hall–Kier alpha value is -3.25. The fraction of sp³-hybridized carbons (Fsp3) is 0.261. The molecule has 1 unspecified atom stereocenters. The number of ether oxygens (including phenoxy) is 1. The van der Waals surface area contributed by atoms with Gasteiger partial charge in [0.25, 0.3) is 5.91 Å². The van der Waals surface area contributed by atoms with E-state index in [2.05, 4.69) is 32.7 Å². The Balaban J connectivity index is 1.52. The molecule has 29 heavy (non-hydrogen) atoms. The second-order valence-electron chi connectivity index (χ2n) is 7.09. The molecule has 148 valence electrons. The number of nitrogens with one attached hydrogen (secondary N) is 2. The number of carbonyl (C=O) groups is 1. The molecule has 1 amide bonds. The molecule has 1 aromatic heterocycles. The van der Waals surface area contributed by atoms with Crippen LogP contribution in [0.15, 0.2) is 73.1 Å². The van der Waals surface area contributed by atoms with Crippen LogP contribution in [0.5, 0.6) is 0 Å². The van der Waals surface area contributed by atoms with Crippen molar-refractivity contribution in [3.05, 3.63) is 84.3 Å². The van der Waals surface area contributed by atoms with E-state index < -0.39 is 0 Å². The predicted octanol–water partition coefficient (Wildman–Crippen LogP) is 4.12. The number of benzene rings is 2. The number of amides is 1. The number of carbonyl (C=O) groups excluding carboxylic acids is 1. The minimum absolute atomic E-state index is 0.0758. The molecule has 1 fully saturated rings. The molecule has 2 heterocycles. The molecule has 0 saturated carbocycles. The van der Waals surface area contributed by atoms with E-state index in [-0.39, 0.29) is 11.9 Å². The molecule has 1 aliphatic heterocycles. The van der Waals surface area contributed by atoms with E-state index in [4.69, 9.17) is 4.74 Å². The highest BCUT2D eigenvalue weighted by atomic mass is 16.5. The van der Waals surface area contributed by atoms with Gasteiger partial charge in [-0.25, -0.2) is 9.97 Å². The predicted molar refractivity (Wildman–Crippen MR) is 112 cm³/mol. The zero-order chi connectivity index (χ0) is 19.9. The summed E-state index contributed by atoms with van der Waals surface area (Å²) in [4.78, 5) is 21.4. The summed E-state index contributed by atoms with van der Waals surface area (Å²) >= 11 is 0. The summed E-state index contributed by atoms with van der Waals surface area (Å²) in [5.74, 6) is 0.710. The molecule has 4 rings (SSSR count). The summed E-state index contributed by atoms with van der Waals surface area (Å²) in [6, 6.07) is 21.4. The number of rotatable bonds is 6. The van der Waals surface area contributed by atoms with Crippen molar-refractivity contribution in [1.29, 1.82) is 0 Å². The Morgan fingerprint density at radius 1 is 0.966 bits per heavy atom. The molecule has 2 aromatic carbocycles. The first-order chi connectivity index (χ1) is 14.3. The second-order valence-corrected chi connectivity index (χ2v) is 7.09. The van der Waals surface area contributed by atoms with Crippen molar-refractivity contribution in [2.24, 2.45) is 5.92 Å². The molecule has 3 aromatic rings. The number of nitrogens with zero attached hydrogens (tertiary/aromatic N) is 2. The van der Waals surface area contributed by atoms with Crippen molar-refractivity contribution in [3.63, 3.8) is 0 Å². The summed E-state index contributed by atoms with van der Waals surface area (Å²) in [5.41, 5.74) is 2.35. The van der Waals surface area contributed by atoms with Crippen LogP contribution in [0.4, 0.5) is 11.5 Å². The lowest BCUT2D eigenvalue weighted by atomic mass is 9.87. The number of aromatic nitrogens is 2. The van der Waals surface area contributed by atoms with E-state index in [1.165, 1.54) is 6.33 Å². The monoisotopic (exact) mass is 388 g/mol. The normalized spacial score (nSPS) is 15.4. The van der Waals surface area contributed by atoms with Gasteiger partial charge in [0.1, 0.15) is 17.8 Å². The molecule has 0 radical (unpaired) electrons. The lowest BCUT2D eigenvalue weighted by Crippen LogP contribution is -2.36. The summed E-state index contributed by atoms with van der Waals surface area (Å²) in [6.45, 7) is 1.45. The third-order valence-corrected chi connectivity index (χ3v) is 5.13. The van der Waals surface area contributed by atoms with Crippen LogP contribution in [0.3, 0.4) is 0 Å². The Morgan fingerprint density at radius 2 is 1.66 bits per heavy atom. The molecule has 1 aliphatic rings. The van der Waals surface area contributed by atoms with Crippen molar-refractivity contribution >= 4 is 17.4 Å². The number of anilines is 2. The van der Waals surface area contributed by atoms with E-state index in [1.807, 2.05) is 48.5 Å². The van der Waals surface area contributed by atoms with E-state index in [9.17, 15) is 4.79 Å². The van der Waals surface area contributed by atoms with Gasteiger partial charge in [0, 0.05) is 25.0 Å². The van der Waals surface area contributed by atoms with E-state index in [1.54, 1.807) is 6.07 Å². The van der Waals surface area contributed by atoms with Gasteiger partial charge < -0.3 is 15.4 Å². The lowest BCUT2D eigenvalue weighted by molar-refractivity contribution is 0.0513. The highest BCUT2D eigenvalue weighted by molar-refractivity contribution is 5.93. The van der Waals surface area contributed by atoms with Gasteiger partial charge >= 0.3 is 0 Å². The molecule has 0 bridgehead atoms. The van der Waals surface area contributed by atoms with Gasteiger partial charge in [-0.1, -0.05) is 48.5 Å². The summed E-state index contributed by atoms with van der Waals surface area (Å²) in [5, 5.41) is 6.40. The molecule has 1 saturated heterocycles. The van der Waals surface area contributed by atoms with Crippen molar-refractivity contribution in [2.45, 2.75) is 18.9 Å². The van der Waals surface area contributed by atoms with Crippen LogP contribution in [0.1, 0.15) is 34.9 Å². The molecular formula is C23H24N4O2. The highest BCUT2D eigenvalue weighted by Gasteiger charge is 2.27. The fourth-order valence-electron chi connectivity index (χ4n) is 3.62. The maximum absolute atomic E-state index is 13.0. The standard InChI is InChI=1S/C23H24N4O2/c28-23(20-15-21(25-16-24-20)26-19-9-5-2-6-10-19)27-22(17-7-3-1-4-8-17)18-11-13-29-14-12-18/h1-10,15-16,18,22H,11-14H2,(H,27,28)(H,24,25,26). The highest BCUT2D eigenvalue weighted by Crippen LogP contribution is 2.30. The van der Waals surface area contributed by atoms with Gasteiger partial charge in [-0.15, -0.1) is 0 Å². The molecule has 0 spiro atoms. The van der Waals surface area contributed by atoms with Crippen molar-refractivity contribution in [2.75, 3.05) is 18.5 Å². The van der Waals surface area contributed by atoms with Crippen molar-refractivity contribution in [3.8, 4) is 0 Å². The minimum atomic E-state index is -0.205. The number of para-hydroxylation sites is 1. The van der Waals surface area contributed by atoms with Gasteiger partial charge in [0.2, 0.25) is 0 Å². The number of hydrogen-bond acceptors (Lipinski definition) is 5. The SMILES string of the molecule is O=C(NC(c1ccccc1)C1CCOCC1)c1cc(Nc2ccccc2)ncn1. The summed E-state index contributed by atoms with van der Waals surface area (Å²) in [6.07, 6.45) is 3.25. The topological polar surface area (TPSA) is 76.1 Å². The molecule has 2 N–H and O–H groups in total. The van der Waals surface area contributed by atoms with Gasteiger partial charge in [0.15, 0.2) is 0 Å². The third-order valence-electron chi connectivity index (χ3n) is 5.13.